The van der Waals surface area contributed by atoms with E-state index in [-0.39, 0.29) is 11.3 Å². The van der Waals surface area contributed by atoms with Crippen molar-refractivity contribution in [2.24, 2.45) is 17.1 Å². The summed E-state index contributed by atoms with van der Waals surface area (Å²) in [6.07, 6.45) is 5.29. The van der Waals surface area contributed by atoms with Gasteiger partial charge in [-0.2, -0.15) is 0 Å². The van der Waals surface area contributed by atoms with E-state index in [1.54, 1.807) is 0 Å². The van der Waals surface area contributed by atoms with Gasteiger partial charge in [-0.1, -0.05) is 20.8 Å². The van der Waals surface area contributed by atoms with E-state index in [0.29, 0.717) is 6.54 Å². The van der Waals surface area contributed by atoms with E-state index in [9.17, 15) is 4.79 Å². The number of hydrogen-bond acceptors (Lipinski definition) is 3. The molecule has 1 heterocycles. The molecule has 0 spiro atoms. The predicted molar refractivity (Wildman–Crippen MR) is 84.5 cm³/mol. The smallest absolute Gasteiger partial charge is 0.227 e. The summed E-state index contributed by atoms with van der Waals surface area (Å²) in [5, 5.41) is 3.12. The van der Waals surface area contributed by atoms with Crippen molar-refractivity contribution in [3.63, 3.8) is 0 Å². The Morgan fingerprint density at radius 2 is 1.85 bits per heavy atom. The lowest BCUT2D eigenvalue weighted by Gasteiger charge is -2.32. The lowest BCUT2D eigenvalue weighted by Crippen LogP contribution is -2.46. The number of carbonyl (C=O) groups excluding carboxylic acids is 1. The molecule has 4 nitrogen and oxygen atoms in total. The minimum Gasteiger partial charge on any atom is -0.356 e. The Morgan fingerprint density at radius 3 is 2.30 bits per heavy atom. The van der Waals surface area contributed by atoms with Gasteiger partial charge in [0.05, 0.1) is 5.41 Å². The summed E-state index contributed by atoms with van der Waals surface area (Å²) in [6, 6.07) is 0. The average Bonchev–Trinajstić information content (AvgIpc) is 2.50. The number of hydrogen-bond donors (Lipinski definition) is 2. The summed E-state index contributed by atoms with van der Waals surface area (Å²) in [7, 11) is 0. The van der Waals surface area contributed by atoms with Gasteiger partial charge in [0, 0.05) is 13.1 Å². The van der Waals surface area contributed by atoms with Crippen molar-refractivity contribution in [2.45, 2.75) is 52.9 Å². The summed E-state index contributed by atoms with van der Waals surface area (Å²) in [5.74, 6) is 0.921. The van der Waals surface area contributed by atoms with Crippen LogP contribution >= 0.6 is 0 Å². The molecule has 4 heteroatoms. The fourth-order valence-corrected chi connectivity index (χ4v) is 3.12. The fourth-order valence-electron chi connectivity index (χ4n) is 3.12. The van der Waals surface area contributed by atoms with Gasteiger partial charge in [0.25, 0.3) is 0 Å². The van der Waals surface area contributed by atoms with Crippen LogP contribution in [0.5, 0.6) is 0 Å². The first-order valence-corrected chi connectivity index (χ1v) is 8.32. The van der Waals surface area contributed by atoms with Gasteiger partial charge < -0.3 is 16.0 Å². The van der Waals surface area contributed by atoms with Gasteiger partial charge in [0.15, 0.2) is 0 Å². The number of carbonyl (C=O) groups is 1. The number of nitrogens with zero attached hydrogens (tertiary/aromatic N) is 1. The van der Waals surface area contributed by atoms with Crippen LogP contribution in [0.4, 0.5) is 0 Å². The monoisotopic (exact) mass is 283 g/mol. The van der Waals surface area contributed by atoms with E-state index < -0.39 is 0 Å². The first-order chi connectivity index (χ1) is 9.61. The Hall–Kier alpha value is -0.610. The minimum atomic E-state index is -0.356. The van der Waals surface area contributed by atoms with Crippen molar-refractivity contribution in [3.05, 3.63) is 0 Å². The highest BCUT2D eigenvalue weighted by Crippen LogP contribution is 2.25. The first kappa shape index (κ1) is 17.4. The number of rotatable bonds is 8. The van der Waals surface area contributed by atoms with E-state index in [1.165, 1.54) is 25.9 Å². The van der Waals surface area contributed by atoms with Crippen LogP contribution in [0.15, 0.2) is 0 Å². The van der Waals surface area contributed by atoms with E-state index >= 15 is 0 Å². The maximum atomic E-state index is 12.3. The number of amides is 1. The number of likely N-dealkylation sites (tertiary alicyclic amines) is 1. The van der Waals surface area contributed by atoms with Crippen molar-refractivity contribution in [2.75, 3.05) is 32.7 Å². The summed E-state index contributed by atoms with van der Waals surface area (Å²) < 4.78 is 0. The molecule has 1 aliphatic heterocycles. The van der Waals surface area contributed by atoms with Crippen molar-refractivity contribution in [1.29, 1.82) is 0 Å². The van der Waals surface area contributed by atoms with E-state index in [0.717, 1.165) is 38.3 Å². The van der Waals surface area contributed by atoms with Crippen LogP contribution in [0, 0.1) is 11.3 Å². The zero-order chi connectivity index (χ0) is 15.0. The largest absolute Gasteiger partial charge is 0.356 e. The second-order valence-electron chi connectivity index (χ2n) is 6.11. The van der Waals surface area contributed by atoms with Gasteiger partial charge >= 0.3 is 0 Å². The molecular weight excluding hydrogens is 250 g/mol. The molecule has 0 atom stereocenters. The normalized spacial score (nSPS) is 18.2. The molecule has 118 valence electrons. The standard InChI is InChI=1S/C16H33N3O/c1-4-16(5-2,13-17)15(20)18-10-7-14-8-11-19(6-3)12-9-14/h14H,4-13,17H2,1-3H3,(H,18,20). The molecule has 1 amide bonds. The molecule has 0 aromatic heterocycles. The highest BCUT2D eigenvalue weighted by Gasteiger charge is 2.33. The molecule has 20 heavy (non-hydrogen) atoms. The van der Waals surface area contributed by atoms with Crippen molar-refractivity contribution >= 4 is 5.91 Å². The Morgan fingerprint density at radius 1 is 1.25 bits per heavy atom. The van der Waals surface area contributed by atoms with Gasteiger partial charge in [-0.15, -0.1) is 0 Å². The lowest BCUT2D eigenvalue weighted by molar-refractivity contribution is -0.131. The van der Waals surface area contributed by atoms with Crippen LogP contribution in [-0.4, -0.2) is 43.5 Å². The van der Waals surface area contributed by atoms with Gasteiger partial charge in [0.1, 0.15) is 0 Å². The Labute approximate surface area is 124 Å². The minimum absolute atomic E-state index is 0.149. The summed E-state index contributed by atoms with van der Waals surface area (Å²) in [6.45, 7) is 11.2. The van der Waals surface area contributed by atoms with E-state index in [1.807, 2.05) is 0 Å². The van der Waals surface area contributed by atoms with Crippen LogP contribution in [-0.2, 0) is 4.79 Å². The third-order valence-electron chi connectivity index (χ3n) is 5.22. The van der Waals surface area contributed by atoms with Crippen LogP contribution in [0.3, 0.4) is 0 Å². The van der Waals surface area contributed by atoms with E-state index in [2.05, 4.69) is 31.0 Å². The second kappa shape index (κ2) is 8.63. The van der Waals surface area contributed by atoms with Crippen molar-refractivity contribution < 1.29 is 4.79 Å². The lowest BCUT2D eigenvalue weighted by atomic mass is 9.81. The van der Waals surface area contributed by atoms with Gasteiger partial charge in [-0.05, 0) is 57.7 Å². The predicted octanol–water partition coefficient (Wildman–Crippen LogP) is 1.99. The Bertz CT molecular complexity index is 273. The molecule has 1 rings (SSSR count). The highest BCUT2D eigenvalue weighted by molar-refractivity contribution is 5.82. The number of nitrogens with two attached hydrogens (primary N) is 1. The SMILES string of the molecule is CCN1CCC(CCNC(=O)C(CC)(CC)CN)CC1. The molecule has 0 aromatic carbocycles. The molecule has 3 N–H and O–H groups in total. The quantitative estimate of drug-likeness (QED) is 0.716. The number of piperidine rings is 1. The highest BCUT2D eigenvalue weighted by atomic mass is 16.2. The van der Waals surface area contributed by atoms with Crippen LogP contribution in [0.25, 0.3) is 0 Å². The summed E-state index contributed by atoms with van der Waals surface area (Å²) >= 11 is 0. The zero-order valence-electron chi connectivity index (χ0n) is 13.6. The zero-order valence-corrected chi connectivity index (χ0v) is 13.6. The molecule has 0 radical (unpaired) electrons. The Balaban J connectivity index is 2.28. The second-order valence-corrected chi connectivity index (χ2v) is 6.11. The third-order valence-corrected chi connectivity index (χ3v) is 5.22. The third kappa shape index (κ3) is 4.45. The molecule has 0 unspecified atom stereocenters. The fraction of sp³-hybridized carbons (Fsp3) is 0.938. The van der Waals surface area contributed by atoms with Crippen LogP contribution in [0.1, 0.15) is 52.9 Å². The topological polar surface area (TPSA) is 58.4 Å². The molecule has 0 aliphatic carbocycles. The first-order valence-electron chi connectivity index (χ1n) is 8.32. The molecule has 1 aliphatic rings. The maximum absolute atomic E-state index is 12.3. The van der Waals surface area contributed by atoms with E-state index in [4.69, 9.17) is 5.73 Å². The summed E-state index contributed by atoms with van der Waals surface area (Å²) in [5.41, 5.74) is 5.45. The van der Waals surface area contributed by atoms with Crippen molar-refractivity contribution in [3.8, 4) is 0 Å². The molecular formula is C16H33N3O. The molecule has 1 fully saturated rings. The molecule has 0 saturated carbocycles. The average molecular weight is 283 g/mol. The number of nitrogens with one attached hydrogen (secondary N) is 1. The van der Waals surface area contributed by atoms with Gasteiger partial charge in [-0.25, -0.2) is 0 Å². The molecule has 0 bridgehead atoms. The maximum Gasteiger partial charge on any atom is 0.227 e. The molecule has 0 aromatic rings. The van der Waals surface area contributed by atoms with Gasteiger partial charge in [0.2, 0.25) is 5.91 Å². The summed E-state index contributed by atoms with van der Waals surface area (Å²) in [4.78, 5) is 14.8. The van der Waals surface area contributed by atoms with Gasteiger partial charge in [-0.3, -0.25) is 4.79 Å². The van der Waals surface area contributed by atoms with Crippen LogP contribution < -0.4 is 11.1 Å². The Kier molecular flexibility index (Phi) is 7.52. The van der Waals surface area contributed by atoms with Crippen LogP contribution in [0.2, 0.25) is 0 Å². The van der Waals surface area contributed by atoms with Crippen molar-refractivity contribution in [1.82, 2.24) is 10.2 Å². The molecule has 1 saturated heterocycles.